The number of rotatable bonds is 2. The largest absolute Gasteiger partial charge is 0.356 e. The van der Waals surface area contributed by atoms with Crippen LogP contribution in [0.4, 0.5) is 0 Å². The molecule has 2 atom stereocenters. The third-order valence-corrected chi connectivity index (χ3v) is 1.91. The lowest BCUT2D eigenvalue weighted by Gasteiger charge is -2.21. The summed E-state index contributed by atoms with van der Waals surface area (Å²) in [5.74, 6) is -0.416. The average Bonchev–Trinajstić information content (AvgIpc) is 2.33. The van der Waals surface area contributed by atoms with Gasteiger partial charge < -0.3 is 14.2 Å². The summed E-state index contributed by atoms with van der Waals surface area (Å²) >= 11 is 0. The molecule has 0 aromatic heterocycles. The van der Waals surface area contributed by atoms with Gasteiger partial charge in [-0.3, -0.25) is 0 Å². The van der Waals surface area contributed by atoms with Gasteiger partial charge in [0, 0.05) is 27.1 Å². The summed E-state index contributed by atoms with van der Waals surface area (Å²) in [6, 6.07) is 0. The molecule has 1 heterocycles. The molecule has 1 rings (SSSR count). The molecule has 1 fully saturated rings. The Morgan fingerprint density at radius 2 is 2.20 bits per heavy atom. The quantitative estimate of drug-likeness (QED) is 0.584. The topological polar surface area (TPSA) is 27.7 Å². The molecule has 3 nitrogen and oxygen atoms in total. The van der Waals surface area contributed by atoms with Crippen LogP contribution in [0.5, 0.6) is 0 Å². The van der Waals surface area contributed by atoms with E-state index in [4.69, 9.17) is 14.2 Å². The zero-order valence-corrected chi connectivity index (χ0v) is 6.72. The van der Waals surface area contributed by atoms with Crippen LogP contribution < -0.4 is 0 Å². The Labute approximate surface area is 61.3 Å². The van der Waals surface area contributed by atoms with Crippen molar-refractivity contribution >= 4 is 0 Å². The van der Waals surface area contributed by atoms with Crippen molar-refractivity contribution < 1.29 is 14.2 Å². The molecule has 0 radical (unpaired) electrons. The van der Waals surface area contributed by atoms with Gasteiger partial charge in [-0.2, -0.15) is 0 Å². The predicted octanol–water partition coefficient (Wildman–Crippen LogP) is 1.13. The van der Waals surface area contributed by atoms with E-state index < -0.39 is 5.79 Å². The number of hydrogen-bond donors (Lipinski definition) is 0. The van der Waals surface area contributed by atoms with Gasteiger partial charge in [0.25, 0.3) is 0 Å². The molecule has 10 heavy (non-hydrogen) atoms. The molecule has 0 N–H and O–H groups in total. The van der Waals surface area contributed by atoms with E-state index in [0.717, 1.165) is 12.8 Å². The maximum atomic E-state index is 5.40. The Bertz CT molecular complexity index is 115. The average molecular weight is 146 g/mol. The lowest BCUT2D eigenvalue weighted by molar-refractivity contribution is -0.246. The van der Waals surface area contributed by atoms with Gasteiger partial charge in [0.1, 0.15) is 0 Å². The first-order chi connectivity index (χ1) is 4.70. The third-order valence-electron chi connectivity index (χ3n) is 1.91. The molecule has 1 saturated heterocycles. The van der Waals surface area contributed by atoms with Gasteiger partial charge in [-0.25, -0.2) is 0 Å². The van der Waals surface area contributed by atoms with Crippen LogP contribution in [-0.2, 0) is 14.2 Å². The van der Waals surface area contributed by atoms with E-state index in [1.165, 1.54) is 0 Å². The van der Waals surface area contributed by atoms with Crippen molar-refractivity contribution in [3.8, 4) is 0 Å². The van der Waals surface area contributed by atoms with E-state index in [2.05, 4.69) is 0 Å². The summed E-state index contributed by atoms with van der Waals surface area (Å²) < 4.78 is 15.5. The minimum Gasteiger partial charge on any atom is -0.356 e. The second kappa shape index (κ2) is 2.86. The van der Waals surface area contributed by atoms with Crippen molar-refractivity contribution in [2.75, 3.05) is 14.2 Å². The second-order valence-corrected chi connectivity index (χ2v) is 2.66. The smallest absolute Gasteiger partial charge is 0.168 e. The maximum absolute atomic E-state index is 5.40. The highest BCUT2D eigenvalue weighted by Gasteiger charge is 2.35. The second-order valence-electron chi connectivity index (χ2n) is 2.66. The molecule has 0 bridgehead atoms. The lowest BCUT2D eigenvalue weighted by Crippen LogP contribution is -2.27. The van der Waals surface area contributed by atoms with E-state index in [1.54, 1.807) is 14.2 Å². The van der Waals surface area contributed by atoms with Crippen LogP contribution in [-0.4, -0.2) is 26.3 Å². The van der Waals surface area contributed by atoms with Gasteiger partial charge in [-0.15, -0.1) is 0 Å². The number of methoxy groups -OCH3 is 2. The van der Waals surface area contributed by atoms with E-state index in [1.807, 2.05) is 6.92 Å². The van der Waals surface area contributed by atoms with Crippen molar-refractivity contribution in [2.24, 2.45) is 0 Å². The first-order valence-corrected chi connectivity index (χ1v) is 3.46. The van der Waals surface area contributed by atoms with Gasteiger partial charge in [-0.05, 0) is 6.92 Å². The zero-order valence-electron chi connectivity index (χ0n) is 6.72. The molecule has 0 aromatic rings. The van der Waals surface area contributed by atoms with Crippen LogP contribution in [0.3, 0.4) is 0 Å². The first kappa shape index (κ1) is 7.98. The fourth-order valence-electron chi connectivity index (χ4n) is 1.09. The minimum atomic E-state index is -0.416. The van der Waals surface area contributed by atoms with Crippen molar-refractivity contribution in [3.05, 3.63) is 0 Å². The van der Waals surface area contributed by atoms with Crippen LogP contribution in [0.2, 0.25) is 0 Å². The summed E-state index contributed by atoms with van der Waals surface area (Å²) in [4.78, 5) is 0. The summed E-state index contributed by atoms with van der Waals surface area (Å²) in [6.07, 6.45) is 1.74. The van der Waals surface area contributed by atoms with E-state index >= 15 is 0 Å². The third kappa shape index (κ3) is 1.48. The van der Waals surface area contributed by atoms with Crippen molar-refractivity contribution in [3.63, 3.8) is 0 Å². The molecule has 1 aliphatic heterocycles. The molecule has 0 unspecified atom stereocenters. The highest BCUT2D eigenvalue weighted by atomic mass is 16.8. The molecule has 0 aliphatic carbocycles. The minimum absolute atomic E-state index is 0.0788. The fourth-order valence-corrected chi connectivity index (χ4v) is 1.09. The standard InChI is InChI=1S/C7H14O3/c1-7(9-3)5-4-6(8-2)10-7/h6H,4-5H2,1-3H3/t6-,7-/m1/s1. The van der Waals surface area contributed by atoms with E-state index in [0.29, 0.717) is 0 Å². The molecular weight excluding hydrogens is 132 g/mol. The Balaban J connectivity index is 2.41. The summed E-state index contributed by atoms with van der Waals surface area (Å²) in [6.45, 7) is 1.92. The molecule has 0 amide bonds. The van der Waals surface area contributed by atoms with Gasteiger partial charge in [0.05, 0.1) is 0 Å². The molecule has 1 aliphatic rings. The highest BCUT2D eigenvalue weighted by Crippen LogP contribution is 2.30. The molecular formula is C7H14O3. The highest BCUT2D eigenvalue weighted by molar-refractivity contribution is 4.71. The lowest BCUT2D eigenvalue weighted by atomic mass is 10.2. The summed E-state index contributed by atoms with van der Waals surface area (Å²) in [5, 5.41) is 0. The van der Waals surface area contributed by atoms with Gasteiger partial charge in [0.15, 0.2) is 12.1 Å². The van der Waals surface area contributed by atoms with Gasteiger partial charge >= 0.3 is 0 Å². The van der Waals surface area contributed by atoms with Crippen LogP contribution >= 0.6 is 0 Å². The Hall–Kier alpha value is -0.120. The van der Waals surface area contributed by atoms with E-state index in [9.17, 15) is 0 Å². The van der Waals surface area contributed by atoms with Crippen molar-refractivity contribution in [2.45, 2.75) is 31.8 Å². The Morgan fingerprint density at radius 3 is 2.50 bits per heavy atom. The molecule has 0 spiro atoms. The van der Waals surface area contributed by atoms with Gasteiger partial charge in [0.2, 0.25) is 0 Å². The van der Waals surface area contributed by atoms with Gasteiger partial charge in [-0.1, -0.05) is 0 Å². The fraction of sp³-hybridized carbons (Fsp3) is 1.00. The molecule has 60 valence electrons. The van der Waals surface area contributed by atoms with Crippen LogP contribution in [0.25, 0.3) is 0 Å². The number of ether oxygens (including phenoxy) is 3. The Morgan fingerprint density at radius 1 is 1.50 bits per heavy atom. The maximum Gasteiger partial charge on any atom is 0.168 e. The van der Waals surface area contributed by atoms with E-state index in [-0.39, 0.29) is 6.29 Å². The summed E-state index contributed by atoms with van der Waals surface area (Å²) in [7, 11) is 3.30. The first-order valence-electron chi connectivity index (χ1n) is 3.46. The monoisotopic (exact) mass is 146 g/mol. The van der Waals surface area contributed by atoms with Crippen molar-refractivity contribution in [1.29, 1.82) is 0 Å². The van der Waals surface area contributed by atoms with Crippen LogP contribution in [0.1, 0.15) is 19.8 Å². The van der Waals surface area contributed by atoms with Crippen LogP contribution in [0, 0.1) is 0 Å². The Kier molecular flexibility index (Phi) is 2.28. The number of hydrogen-bond acceptors (Lipinski definition) is 3. The SMILES string of the molecule is CO[C@H]1CC[C@](C)(OC)O1. The van der Waals surface area contributed by atoms with Crippen molar-refractivity contribution in [1.82, 2.24) is 0 Å². The zero-order chi connectivity index (χ0) is 7.61. The summed E-state index contributed by atoms with van der Waals surface area (Å²) in [5.41, 5.74) is 0. The normalized spacial score (nSPS) is 40.5. The molecule has 3 heteroatoms. The predicted molar refractivity (Wildman–Crippen MR) is 36.5 cm³/mol. The molecule has 0 aromatic carbocycles. The molecule has 0 saturated carbocycles. The van der Waals surface area contributed by atoms with Crippen LogP contribution in [0.15, 0.2) is 0 Å².